The summed E-state index contributed by atoms with van der Waals surface area (Å²) in [4.78, 5) is 115. The highest BCUT2D eigenvalue weighted by Crippen LogP contribution is 2.32. The second-order valence-electron chi connectivity index (χ2n) is 32.7. The van der Waals surface area contributed by atoms with Crippen molar-refractivity contribution in [2.24, 2.45) is 62.1 Å². The lowest BCUT2D eigenvalue weighted by Gasteiger charge is -2.27. The van der Waals surface area contributed by atoms with Gasteiger partial charge in [0.2, 0.25) is 23.6 Å². The molecule has 4 N–H and O–H groups in total. The molecule has 0 aliphatic heterocycles. The van der Waals surface area contributed by atoms with Crippen LogP contribution >= 0.6 is 0 Å². The number of ether oxygens (including phenoxy) is 5. The highest BCUT2D eigenvalue weighted by molar-refractivity contribution is 5.87. The molecule has 582 valence electrons. The van der Waals surface area contributed by atoms with Gasteiger partial charge in [0, 0.05) is 128 Å². The Bertz CT molecular complexity index is 2150. The molecule has 19 heteroatoms. The fourth-order valence-corrected chi connectivity index (χ4v) is 9.90. The summed E-state index contributed by atoms with van der Waals surface area (Å²) >= 11 is 0. The van der Waals surface area contributed by atoms with Gasteiger partial charge in [-0.15, -0.1) is 0 Å². The molecule has 0 saturated heterocycles. The van der Waals surface area contributed by atoms with E-state index in [0.717, 1.165) is 63.4 Å². The number of hydrogen-bond donors (Lipinski definition) is 4. The molecule has 0 aromatic heterocycles. The number of Topliss-reactive ketones (excluding diaryl/α,β-unsaturated/α-hetero) is 6. The van der Waals surface area contributed by atoms with Crippen molar-refractivity contribution in [1.82, 2.24) is 21.3 Å². The Morgan fingerprint density at radius 2 is 0.596 bits per heavy atom. The van der Waals surface area contributed by atoms with Crippen LogP contribution in [0.1, 0.15) is 302 Å². The smallest absolute Gasteiger partial charge is 0.223 e. The van der Waals surface area contributed by atoms with Crippen LogP contribution in [-0.2, 0) is 71.6 Å². The number of amides is 4. The van der Waals surface area contributed by atoms with Crippen LogP contribution in [0.5, 0.6) is 0 Å². The van der Waals surface area contributed by atoms with Crippen LogP contribution < -0.4 is 21.3 Å². The van der Waals surface area contributed by atoms with E-state index in [4.69, 9.17) is 23.7 Å². The summed E-state index contributed by atoms with van der Waals surface area (Å²) < 4.78 is 26.5. The first-order valence-corrected chi connectivity index (χ1v) is 38.0. The third kappa shape index (κ3) is 57.9. The van der Waals surface area contributed by atoms with Gasteiger partial charge in [-0.3, -0.25) is 47.9 Å². The van der Waals surface area contributed by atoms with Gasteiger partial charge in [0.1, 0.15) is 34.7 Å². The maximum Gasteiger partial charge on any atom is 0.223 e. The van der Waals surface area contributed by atoms with Crippen LogP contribution in [-0.4, -0.2) is 151 Å². The molecular weight excluding hydrogens is 1260 g/mol. The average molecular weight is 1410 g/mol. The fraction of sp³-hybridized carbons (Fsp3) is 0.875. The van der Waals surface area contributed by atoms with Gasteiger partial charge in [-0.2, -0.15) is 0 Å². The van der Waals surface area contributed by atoms with E-state index in [-0.39, 0.29) is 103 Å². The van der Waals surface area contributed by atoms with Crippen molar-refractivity contribution in [3.8, 4) is 0 Å². The maximum atomic E-state index is 12.0. The Balaban J connectivity index is -0.000000552. The first kappa shape index (κ1) is 101. The minimum Gasteiger partial charge on any atom is -0.379 e. The lowest BCUT2D eigenvalue weighted by atomic mass is 9.80. The van der Waals surface area contributed by atoms with Gasteiger partial charge in [-0.05, 0) is 76.0 Å². The van der Waals surface area contributed by atoms with E-state index in [1.165, 1.54) is 38.5 Å². The van der Waals surface area contributed by atoms with Crippen LogP contribution in [0, 0.1) is 62.1 Å². The molecule has 1 atom stereocenters. The van der Waals surface area contributed by atoms with Crippen molar-refractivity contribution in [2.45, 2.75) is 302 Å². The molecule has 0 spiro atoms. The van der Waals surface area contributed by atoms with Gasteiger partial charge in [-0.25, -0.2) is 0 Å². The van der Waals surface area contributed by atoms with E-state index in [1.807, 2.05) is 138 Å². The number of ketones is 6. The zero-order chi connectivity index (χ0) is 77.1. The van der Waals surface area contributed by atoms with Crippen molar-refractivity contribution >= 4 is 58.3 Å². The molecule has 19 nitrogen and oxygen atoms in total. The Morgan fingerprint density at radius 3 is 0.869 bits per heavy atom. The van der Waals surface area contributed by atoms with Crippen molar-refractivity contribution < 1.29 is 71.6 Å². The largest absolute Gasteiger partial charge is 0.379 e. The molecule has 4 amide bonds. The van der Waals surface area contributed by atoms with Crippen molar-refractivity contribution in [1.29, 1.82) is 0 Å². The number of hydrogen-bond acceptors (Lipinski definition) is 15. The predicted molar refractivity (Wildman–Crippen MR) is 402 cm³/mol. The van der Waals surface area contributed by atoms with E-state index in [1.54, 1.807) is 6.92 Å². The van der Waals surface area contributed by atoms with Gasteiger partial charge >= 0.3 is 0 Å². The van der Waals surface area contributed by atoms with E-state index in [2.05, 4.69) is 49.0 Å². The Labute approximate surface area is 604 Å². The first-order valence-electron chi connectivity index (χ1n) is 38.0. The summed E-state index contributed by atoms with van der Waals surface area (Å²) in [5, 5.41) is 11.2. The molecule has 0 radical (unpaired) electrons. The summed E-state index contributed by atoms with van der Waals surface area (Å²) in [5.74, 6) is 3.97. The Morgan fingerprint density at radius 1 is 0.323 bits per heavy atom. The molecule has 2 aliphatic carbocycles. The minimum atomic E-state index is -0.302. The highest BCUT2D eigenvalue weighted by Gasteiger charge is 2.30. The number of nitrogens with one attached hydrogen (secondary N) is 4. The summed E-state index contributed by atoms with van der Waals surface area (Å²) in [5.41, 5.74) is -1.62. The van der Waals surface area contributed by atoms with Gasteiger partial charge in [0.05, 0.1) is 59.5 Å². The molecule has 2 saturated carbocycles. The molecule has 0 aromatic carbocycles. The minimum absolute atomic E-state index is 0.00158. The SMILES string of the molecule is CCC(=O)NCCC(=O)C(C)(C)C.CCC(=O)NCCOCCOCCC(=O)C(C)(C)C.CCC1CCC(C(=O)NCCC(=O)C(C)(C)C)CC1.CCC1CCC(C(=O)NCCC(=O)C(C)(C)C)CC1.CCCC(C)C(=O)C(C)(C)C.CCCOCCOCCOCCC(=O)C(C)(C)C. The molecule has 0 aromatic rings. The third-order valence-electron chi connectivity index (χ3n) is 17.3. The molecule has 1 unspecified atom stereocenters. The van der Waals surface area contributed by atoms with E-state index < -0.39 is 0 Å². The van der Waals surface area contributed by atoms with Gasteiger partial charge in [-0.1, -0.05) is 192 Å². The van der Waals surface area contributed by atoms with Crippen LogP contribution in [0.2, 0.25) is 0 Å². The fourth-order valence-electron chi connectivity index (χ4n) is 9.90. The molecule has 0 heterocycles. The van der Waals surface area contributed by atoms with Crippen molar-refractivity contribution in [3.63, 3.8) is 0 Å². The van der Waals surface area contributed by atoms with Gasteiger partial charge in [0.25, 0.3) is 0 Å². The molecular formula is C80H152N4O15. The lowest BCUT2D eigenvalue weighted by molar-refractivity contribution is -0.130. The third-order valence-corrected chi connectivity index (χ3v) is 17.3. The van der Waals surface area contributed by atoms with Crippen LogP contribution in [0.15, 0.2) is 0 Å². The molecule has 2 rings (SSSR count). The molecule has 2 fully saturated rings. The first-order chi connectivity index (χ1) is 45.8. The monoisotopic (exact) mass is 1410 g/mol. The summed E-state index contributed by atoms with van der Waals surface area (Å²) in [6.45, 7) is 56.3. The number of rotatable bonds is 38. The van der Waals surface area contributed by atoms with Crippen LogP contribution in [0.3, 0.4) is 0 Å². The number of carbonyl (C=O) groups excluding carboxylic acids is 10. The summed E-state index contributed by atoms with van der Waals surface area (Å²) in [7, 11) is 0. The summed E-state index contributed by atoms with van der Waals surface area (Å²) in [6.07, 6.45) is 17.6. The highest BCUT2D eigenvalue weighted by atomic mass is 16.5. The van der Waals surface area contributed by atoms with Crippen molar-refractivity contribution in [3.05, 3.63) is 0 Å². The predicted octanol–water partition coefficient (Wildman–Crippen LogP) is 15.2. The van der Waals surface area contributed by atoms with E-state index in [0.29, 0.717) is 136 Å². The van der Waals surface area contributed by atoms with Gasteiger partial charge < -0.3 is 45.0 Å². The zero-order valence-electron chi connectivity index (χ0n) is 68.1. The maximum absolute atomic E-state index is 12.0. The lowest BCUT2D eigenvalue weighted by Crippen LogP contribution is -2.35. The normalized spacial score (nSPS) is 16.6. The second kappa shape index (κ2) is 56.2. The molecule has 99 heavy (non-hydrogen) atoms. The second-order valence-corrected chi connectivity index (χ2v) is 32.7. The number of carbonyl (C=O) groups is 10. The van der Waals surface area contributed by atoms with E-state index in [9.17, 15) is 47.9 Å². The van der Waals surface area contributed by atoms with E-state index >= 15 is 0 Å². The standard InChI is InChI=1S/2C16H29NO2.C14H27NO4.C14H28O4.C10H19NO2.C10H20O/c2*1-5-12-6-8-13(9-7-12)15(19)17-11-10-14(18)16(2,3)4;1-5-13(17)15-7-9-19-11-10-18-8-6-12(16)14(2,3)4;1-5-7-16-9-11-18-12-10-17-8-6-13(15)14(2,3)4;1-5-9(13)11-7-6-8(12)10(2,3)4;1-6-7-8(2)9(11)10(3,4)5/h2*12-13H,5-11H2,1-4H3,(H,17,19);5-11H2,1-4H3,(H,15,17);5-12H2,1-4H3;5-7H2,1-4H3,(H,11,13);8H,6-7H2,1-5H3. The topological polar surface area (TPSA) is 265 Å². The van der Waals surface area contributed by atoms with Crippen LogP contribution in [0.25, 0.3) is 0 Å². The average Bonchev–Trinajstić information content (AvgIpc) is 0.961. The van der Waals surface area contributed by atoms with Gasteiger partial charge in [0.15, 0.2) is 0 Å². The zero-order valence-corrected chi connectivity index (χ0v) is 68.1. The Kier molecular flexibility index (Phi) is 57.4. The Hall–Kier alpha value is -4.30. The molecule has 0 bridgehead atoms. The summed E-state index contributed by atoms with van der Waals surface area (Å²) in [6, 6.07) is 0. The quantitative estimate of drug-likeness (QED) is 0.0419. The van der Waals surface area contributed by atoms with Crippen molar-refractivity contribution in [2.75, 3.05) is 92.2 Å². The van der Waals surface area contributed by atoms with Crippen LogP contribution in [0.4, 0.5) is 0 Å². The molecule has 2 aliphatic rings.